The highest BCUT2D eigenvalue weighted by Crippen LogP contribution is 2.38. The number of hydrogen-bond acceptors (Lipinski definition) is 7. The number of morpholine rings is 1. The van der Waals surface area contributed by atoms with Crippen LogP contribution in [0.1, 0.15) is 85.0 Å². The molecule has 37 heavy (non-hydrogen) atoms. The molecule has 0 saturated carbocycles. The maximum atomic E-state index is 13.3. The van der Waals surface area contributed by atoms with E-state index in [9.17, 15) is 9.90 Å². The minimum absolute atomic E-state index is 0.290. The molecule has 3 heterocycles. The standard InChI is InChI=1S/C28H45BN2O6/c1-25(2,3)35-24(32)31-12-13-34-17-23(31)21-15-20(29-36-27(6,7)28(8,9)37-29)14-19-10-11-30(16-22(19)21)18-26(4,5)33/h14-15,23,33H,10-13,16-18H2,1-9H3. The van der Waals surface area contributed by atoms with Gasteiger partial charge in [0.15, 0.2) is 0 Å². The van der Waals surface area contributed by atoms with Crippen LogP contribution in [-0.2, 0) is 31.7 Å². The van der Waals surface area contributed by atoms with E-state index < -0.39 is 29.5 Å². The summed E-state index contributed by atoms with van der Waals surface area (Å²) in [7, 11) is -0.497. The van der Waals surface area contributed by atoms with Crippen LogP contribution in [0.15, 0.2) is 12.1 Å². The summed E-state index contributed by atoms with van der Waals surface area (Å²) in [4.78, 5) is 17.4. The first-order valence-corrected chi connectivity index (χ1v) is 13.5. The second-order valence-corrected chi connectivity index (χ2v) is 13.4. The number of β-amino-alcohol motifs (C(OH)–C–C–N with tert-alkyl or cyclic N) is 1. The Kier molecular flexibility index (Phi) is 7.54. The summed E-state index contributed by atoms with van der Waals surface area (Å²) in [5.41, 5.74) is 2.11. The van der Waals surface area contributed by atoms with Gasteiger partial charge in [0.1, 0.15) is 5.60 Å². The number of aliphatic hydroxyl groups is 1. The SMILES string of the molecule is CC(C)(O)CN1CCc2cc(B3OC(C)(C)C(C)(C)O3)cc(C3COCCN3C(=O)OC(C)(C)C)c2C1. The first-order valence-electron chi connectivity index (χ1n) is 13.5. The third kappa shape index (κ3) is 6.33. The first kappa shape index (κ1) is 28.4. The molecule has 206 valence electrons. The lowest BCUT2D eigenvalue weighted by Gasteiger charge is -2.40. The van der Waals surface area contributed by atoms with Crippen molar-refractivity contribution in [1.82, 2.24) is 9.80 Å². The van der Waals surface area contributed by atoms with E-state index in [1.807, 2.05) is 34.6 Å². The van der Waals surface area contributed by atoms with Gasteiger partial charge in [0.25, 0.3) is 0 Å². The molecule has 8 nitrogen and oxygen atoms in total. The van der Waals surface area contributed by atoms with E-state index in [4.69, 9.17) is 18.8 Å². The van der Waals surface area contributed by atoms with Crippen molar-refractivity contribution in [2.75, 3.05) is 32.8 Å². The molecule has 1 aromatic carbocycles. The van der Waals surface area contributed by atoms with Crippen molar-refractivity contribution in [2.24, 2.45) is 0 Å². The fourth-order valence-corrected chi connectivity index (χ4v) is 5.27. The molecular formula is C28H45BN2O6. The van der Waals surface area contributed by atoms with Crippen LogP contribution in [0, 0.1) is 0 Å². The number of hydrogen-bond donors (Lipinski definition) is 1. The molecule has 2 saturated heterocycles. The predicted molar refractivity (Wildman–Crippen MR) is 144 cm³/mol. The number of carbonyl (C=O) groups excluding carboxylic acids is 1. The van der Waals surface area contributed by atoms with E-state index >= 15 is 0 Å². The van der Waals surface area contributed by atoms with Crippen LogP contribution in [0.5, 0.6) is 0 Å². The van der Waals surface area contributed by atoms with E-state index in [-0.39, 0.29) is 12.1 Å². The van der Waals surface area contributed by atoms with Crippen LogP contribution in [0.3, 0.4) is 0 Å². The molecule has 0 spiro atoms. The fourth-order valence-electron chi connectivity index (χ4n) is 5.27. The van der Waals surface area contributed by atoms with Crippen molar-refractivity contribution in [1.29, 1.82) is 0 Å². The number of rotatable bonds is 4. The van der Waals surface area contributed by atoms with E-state index in [2.05, 4.69) is 44.7 Å². The summed E-state index contributed by atoms with van der Waals surface area (Å²) in [6, 6.07) is 4.04. The Balaban J connectivity index is 1.75. The summed E-state index contributed by atoms with van der Waals surface area (Å²) >= 11 is 0. The van der Waals surface area contributed by atoms with Gasteiger partial charge in [0.2, 0.25) is 0 Å². The van der Waals surface area contributed by atoms with E-state index in [1.165, 1.54) is 11.1 Å². The van der Waals surface area contributed by atoms with E-state index in [0.29, 0.717) is 32.8 Å². The molecule has 9 heteroatoms. The lowest BCUT2D eigenvalue weighted by molar-refractivity contribution is -0.0335. The van der Waals surface area contributed by atoms with Crippen LogP contribution >= 0.6 is 0 Å². The lowest BCUT2D eigenvalue weighted by Crippen LogP contribution is -2.47. The number of ether oxygens (including phenoxy) is 2. The average Bonchev–Trinajstić information content (AvgIpc) is 2.97. The Bertz CT molecular complexity index is 997. The third-order valence-electron chi connectivity index (χ3n) is 7.73. The number of benzene rings is 1. The van der Waals surface area contributed by atoms with Gasteiger partial charge in [-0.05, 0) is 90.9 Å². The van der Waals surface area contributed by atoms with Gasteiger partial charge in [-0.2, -0.15) is 0 Å². The molecule has 0 radical (unpaired) electrons. The van der Waals surface area contributed by atoms with Crippen molar-refractivity contribution in [3.8, 4) is 0 Å². The van der Waals surface area contributed by atoms with Gasteiger partial charge >= 0.3 is 13.2 Å². The first-order chi connectivity index (χ1) is 17.0. The van der Waals surface area contributed by atoms with Crippen molar-refractivity contribution >= 4 is 18.7 Å². The monoisotopic (exact) mass is 516 g/mol. The second-order valence-electron chi connectivity index (χ2n) is 13.4. The van der Waals surface area contributed by atoms with Gasteiger partial charge in [0.05, 0.1) is 36.1 Å². The summed E-state index contributed by atoms with van der Waals surface area (Å²) in [6.45, 7) is 21.0. The number of nitrogens with zero attached hydrogens (tertiary/aromatic N) is 2. The molecule has 1 unspecified atom stereocenters. The molecule has 1 N–H and O–H groups in total. The molecule has 0 aliphatic carbocycles. The summed E-state index contributed by atoms with van der Waals surface area (Å²) in [5.74, 6) is 0. The van der Waals surface area contributed by atoms with Crippen LogP contribution in [0.2, 0.25) is 0 Å². The van der Waals surface area contributed by atoms with Gasteiger partial charge in [-0.1, -0.05) is 12.1 Å². The largest absolute Gasteiger partial charge is 0.494 e. The molecule has 3 aliphatic heterocycles. The highest BCUT2D eigenvalue weighted by Gasteiger charge is 2.52. The Morgan fingerprint density at radius 1 is 1.11 bits per heavy atom. The topological polar surface area (TPSA) is 80.7 Å². The van der Waals surface area contributed by atoms with Gasteiger partial charge in [-0.3, -0.25) is 9.80 Å². The molecule has 1 amide bonds. The second kappa shape index (κ2) is 9.83. The fraction of sp³-hybridized carbons (Fsp3) is 0.750. The Hall–Kier alpha value is -1.65. The number of amides is 1. The van der Waals surface area contributed by atoms with Crippen LogP contribution in [-0.4, -0.2) is 83.4 Å². The van der Waals surface area contributed by atoms with Gasteiger partial charge < -0.3 is 23.9 Å². The Labute approximate surface area is 222 Å². The molecule has 3 aliphatic rings. The van der Waals surface area contributed by atoms with Crippen molar-refractivity contribution in [3.05, 3.63) is 28.8 Å². The maximum Gasteiger partial charge on any atom is 0.494 e. The number of fused-ring (bicyclic) bond motifs is 1. The molecule has 4 rings (SSSR count). The average molecular weight is 516 g/mol. The third-order valence-corrected chi connectivity index (χ3v) is 7.73. The Morgan fingerprint density at radius 3 is 2.35 bits per heavy atom. The van der Waals surface area contributed by atoms with Crippen LogP contribution in [0.4, 0.5) is 4.79 Å². The van der Waals surface area contributed by atoms with Gasteiger partial charge in [0, 0.05) is 26.2 Å². The summed E-state index contributed by atoms with van der Waals surface area (Å²) < 4.78 is 24.5. The molecule has 1 aromatic rings. The highest BCUT2D eigenvalue weighted by atomic mass is 16.7. The highest BCUT2D eigenvalue weighted by molar-refractivity contribution is 6.62. The molecule has 2 fully saturated rings. The summed E-state index contributed by atoms with van der Waals surface area (Å²) in [5, 5.41) is 10.5. The maximum absolute atomic E-state index is 13.3. The zero-order chi connectivity index (χ0) is 27.4. The minimum Gasteiger partial charge on any atom is -0.444 e. The van der Waals surface area contributed by atoms with E-state index in [0.717, 1.165) is 24.0 Å². The number of carbonyl (C=O) groups is 1. The quantitative estimate of drug-likeness (QED) is 0.615. The van der Waals surface area contributed by atoms with Gasteiger partial charge in [-0.25, -0.2) is 4.79 Å². The Morgan fingerprint density at radius 2 is 1.76 bits per heavy atom. The zero-order valence-corrected chi connectivity index (χ0v) is 24.1. The normalized spacial score (nSPS) is 24.2. The predicted octanol–water partition coefficient (Wildman–Crippen LogP) is 3.42. The van der Waals surface area contributed by atoms with E-state index in [1.54, 1.807) is 4.90 Å². The molecule has 0 bridgehead atoms. The van der Waals surface area contributed by atoms with Crippen molar-refractivity contribution < 1.29 is 28.7 Å². The van der Waals surface area contributed by atoms with Crippen molar-refractivity contribution in [2.45, 2.75) is 104 Å². The minimum atomic E-state index is -0.795. The van der Waals surface area contributed by atoms with Crippen LogP contribution < -0.4 is 5.46 Å². The zero-order valence-electron chi connectivity index (χ0n) is 24.1. The molecule has 0 aromatic heterocycles. The van der Waals surface area contributed by atoms with Crippen molar-refractivity contribution in [3.63, 3.8) is 0 Å². The molecule has 1 atom stereocenters. The van der Waals surface area contributed by atoms with Gasteiger partial charge in [-0.15, -0.1) is 0 Å². The smallest absolute Gasteiger partial charge is 0.444 e. The lowest BCUT2D eigenvalue weighted by atomic mass is 9.74. The summed E-state index contributed by atoms with van der Waals surface area (Å²) in [6.07, 6.45) is 0.505. The molecular weight excluding hydrogens is 471 g/mol. The van der Waals surface area contributed by atoms with Crippen LogP contribution in [0.25, 0.3) is 0 Å².